The van der Waals surface area contributed by atoms with Crippen molar-refractivity contribution in [2.24, 2.45) is 0 Å². The molecular weight excluding hydrogens is 279 g/mol. The second-order valence-electron chi connectivity index (χ2n) is 5.21. The number of amides is 1. The number of hydrogen-bond donors (Lipinski definition) is 1. The van der Waals surface area contributed by atoms with E-state index >= 15 is 0 Å². The average Bonchev–Trinajstić information content (AvgIpc) is 2.41. The number of benzene rings is 1. The van der Waals surface area contributed by atoms with Gasteiger partial charge < -0.3 is 10.2 Å². The smallest absolute Gasteiger partial charge is 0.253 e. The highest BCUT2D eigenvalue weighted by atomic mass is 35.5. The highest BCUT2D eigenvalue weighted by Crippen LogP contribution is 2.18. The number of hydrogen-bond acceptors (Lipinski definition) is 2. The average molecular weight is 299 g/mol. The minimum atomic E-state index is -0.431. The highest BCUT2D eigenvalue weighted by molar-refractivity contribution is 6.33. The number of rotatable bonds is 4. The van der Waals surface area contributed by atoms with Crippen LogP contribution in [0.2, 0.25) is 5.02 Å². The van der Waals surface area contributed by atoms with Crippen LogP contribution in [0.25, 0.3) is 0 Å². The van der Waals surface area contributed by atoms with Gasteiger partial charge in [0.1, 0.15) is 5.82 Å². The van der Waals surface area contributed by atoms with Crippen LogP contribution in [0.1, 0.15) is 36.5 Å². The second kappa shape index (κ2) is 7.04. The Balaban J connectivity index is 1.89. The van der Waals surface area contributed by atoms with Gasteiger partial charge in [-0.2, -0.15) is 0 Å². The van der Waals surface area contributed by atoms with Gasteiger partial charge in [-0.15, -0.1) is 0 Å². The summed E-state index contributed by atoms with van der Waals surface area (Å²) in [6.45, 7) is 5.31. The van der Waals surface area contributed by atoms with Crippen LogP contribution in [0, 0.1) is 5.82 Å². The van der Waals surface area contributed by atoms with Gasteiger partial charge in [0.05, 0.1) is 10.6 Å². The van der Waals surface area contributed by atoms with Gasteiger partial charge in [-0.1, -0.05) is 18.5 Å². The second-order valence-corrected chi connectivity index (χ2v) is 5.62. The van der Waals surface area contributed by atoms with E-state index in [0.717, 1.165) is 38.9 Å². The summed E-state index contributed by atoms with van der Waals surface area (Å²) in [7, 11) is 0. The lowest BCUT2D eigenvalue weighted by Crippen LogP contribution is -2.44. The third-order valence-corrected chi connectivity index (χ3v) is 3.95. The van der Waals surface area contributed by atoms with Crippen molar-refractivity contribution in [2.75, 3.05) is 19.6 Å². The molecule has 1 N–H and O–H groups in total. The van der Waals surface area contributed by atoms with E-state index in [9.17, 15) is 9.18 Å². The van der Waals surface area contributed by atoms with Crippen molar-refractivity contribution in [1.82, 2.24) is 10.2 Å². The Labute approximate surface area is 124 Å². The number of piperidine rings is 1. The summed E-state index contributed by atoms with van der Waals surface area (Å²) in [5.74, 6) is -0.650. The molecule has 1 saturated heterocycles. The van der Waals surface area contributed by atoms with Crippen LogP contribution < -0.4 is 5.32 Å². The van der Waals surface area contributed by atoms with Crippen LogP contribution in [0.4, 0.5) is 4.39 Å². The van der Waals surface area contributed by atoms with Gasteiger partial charge in [0, 0.05) is 19.1 Å². The normalized spacial score (nSPS) is 17.1. The van der Waals surface area contributed by atoms with Crippen molar-refractivity contribution in [1.29, 1.82) is 0 Å². The zero-order chi connectivity index (χ0) is 14.5. The van der Waals surface area contributed by atoms with E-state index < -0.39 is 5.82 Å². The van der Waals surface area contributed by atoms with E-state index in [4.69, 9.17) is 11.6 Å². The summed E-state index contributed by atoms with van der Waals surface area (Å²) in [5.41, 5.74) is 0.337. The Hall–Kier alpha value is -1.13. The van der Waals surface area contributed by atoms with Crippen LogP contribution >= 0.6 is 11.6 Å². The highest BCUT2D eigenvalue weighted by Gasteiger charge is 2.21. The summed E-state index contributed by atoms with van der Waals surface area (Å²) < 4.78 is 13.0. The monoisotopic (exact) mass is 298 g/mol. The molecule has 1 aliphatic heterocycles. The summed E-state index contributed by atoms with van der Waals surface area (Å²) in [5, 5.41) is 3.14. The predicted molar refractivity (Wildman–Crippen MR) is 78.6 cm³/mol. The topological polar surface area (TPSA) is 32.3 Å². The molecule has 1 aliphatic rings. The standard InChI is InChI=1S/C15H20ClFN2O/c1-2-7-19-8-5-12(6-9-19)18-15(20)13-4-3-11(17)10-14(13)16/h3-4,10,12H,2,5-9H2,1H3,(H,18,20). The van der Waals surface area contributed by atoms with E-state index in [-0.39, 0.29) is 17.0 Å². The Bertz CT molecular complexity index is 473. The van der Waals surface area contributed by atoms with Gasteiger partial charge >= 0.3 is 0 Å². The molecule has 110 valence electrons. The van der Waals surface area contributed by atoms with Crippen LogP contribution in [-0.4, -0.2) is 36.5 Å². The van der Waals surface area contributed by atoms with Crippen molar-refractivity contribution in [3.63, 3.8) is 0 Å². The van der Waals surface area contributed by atoms with E-state index in [2.05, 4.69) is 17.1 Å². The summed E-state index contributed by atoms with van der Waals surface area (Å²) in [6.07, 6.45) is 3.05. The fourth-order valence-electron chi connectivity index (χ4n) is 2.55. The lowest BCUT2D eigenvalue weighted by atomic mass is 10.0. The summed E-state index contributed by atoms with van der Waals surface area (Å²) in [6, 6.07) is 4.03. The third kappa shape index (κ3) is 3.93. The van der Waals surface area contributed by atoms with E-state index in [1.54, 1.807) is 0 Å². The zero-order valence-corrected chi connectivity index (χ0v) is 12.4. The zero-order valence-electron chi connectivity index (χ0n) is 11.7. The molecule has 5 heteroatoms. The van der Waals surface area contributed by atoms with Gasteiger partial charge in [0.25, 0.3) is 5.91 Å². The summed E-state index contributed by atoms with van der Waals surface area (Å²) in [4.78, 5) is 14.5. The molecule has 0 unspecified atom stereocenters. The minimum Gasteiger partial charge on any atom is -0.349 e. The van der Waals surface area contributed by atoms with Gasteiger partial charge in [-0.3, -0.25) is 4.79 Å². The first-order chi connectivity index (χ1) is 9.60. The molecular formula is C15H20ClFN2O. The summed E-state index contributed by atoms with van der Waals surface area (Å²) >= 11 is 5.90. The maximum atomic E-state index is 13.0. The van der Waals surface area contributed by atoms with Crippen molar-refractivity contribution < 1.29 is 9.18 Å². The van der Waals surface area contributed by atoms with Crippen molar-refractivity contribution in [3.8, 4) is 0 Å². The number of likely N-dealkylation sites (tertiary alicyclic amines) is 1. The maximum Gasteiger partial charge on any atom is 0.253 e. The number of carbonyl (C=O) groups excluding carboxylic acids is 1. The molecule has 0 bridgehead atoms. The molecule has 1 fully saturated rings. The first kappa shape index (κ1) is 15.3. The fraction of sp³-hybridized carbons (Fsp3) is 0.533. The van der Waals surface area contributed by atoms with Crippen LogP contribution in [0.15, 0.2) is 18.2 Å². The minimum absolute atomic E-state index is 0.158. The number of nitrogens with zero attached hydrogens (tertiary/aromatic N) is 1. The number of nitrogens with one attached hydrogen (secondary N) is 1. The molecule has 1 amide bonds. The Kier molecular flexibility index (Phi) is 5.38. The van der Waals surface area contributed by atoms with Crippen LogP contribution in [0.3, 0.4) is 0 Å². The van der Waals surface area contributed by atoms with Crippen molar-refractivity contribution in [3.05, 3.63) is 34.6 Å². The SMILES string of the molecule is CCCN1CCC(NC(=O)c2ccc(F)cc2Cl)CC1. The molecule has 20 heavy (non-hydrogen) atoms. The Morgan fingerprint density at radius 1 is 1.45 bits per heavy atom. The van der Waals surface area contributed by atoms with E-state index in [1.807, 2.05) is 0 Å². The molecule has 2 rings (SSSR count). The third-order valence-electron chi connectivity index (χ3n) is 3.64. The van der Waals surface area contributed by atoms with E-state index in [1.165, 1.54) is 18.2 Å². The quantitative estimate of drug-likeness (QED) is 0.926. The molecule has 0 radical (unpaired) electrons. The van der Waals surface area contributed by atoms with Crippen LogP contribution in [-0.2, 0) is 0 Å². The van der Waals surface area contributed by atoms with Gasteiger partial charge in [0.2, 0.25) is 0 Å². The lowest BCUT2D eigenvalue weighted by Gasteiger charge is -2.32. The molecule has 0 aromatic heterocycles. The largest absolute Gasteiger partial charge is 0.349 e. The molecule has 1 aromatic carbocycles. The van der Waals surface area contributed by atoms with Gasteiger partial charge in [-0.05, 0) is 44.0 Å². The van der Waals surface area contributed by atoms with Gasteiger partial charge in [0.15, 0.2) is 0 Å². The molecule has 1 heterocycles. The Morgan fingerprint density at radius 2 is 2.15 bits per heavy atom. The molecule has 0 atom stereocenters. The molecule has 3 nitrogen and oxygen atoms in total. The molecule has 0 saturated carbocycles. The number of halogens is 2. The fourth-order valence-corrected chi connectivity index (χ4v) is 2.81. The molecule has 0 spiro atoms. The lowest BCUT2D eigenvalue weighted by molar-refractivity contribution is 0.0911. The van der Waals surface area contributed by atoms with Crippen molar-refractivity contribution in [2.45, 2.75) is 32.2 Å². The molecule has 0 aliphatic carbocycles. The predicted octanol–water partition coefficient (Wildman–Crippen LogP) is 3.08. The van der Waals surface area contributed by atoms with Crippen molar-refractivity contribution >= 4 is 17.5 Å². The first-order valence-corrected chi connectivity index (χ1v) is 7.46. The first-order valence-electron chi connectivity index (χ1n) is 7.08. The molecule has 1 aromatic rings. The van der Waals surface area contributed by atoms with Crippen LogP contribution in [0.5, 0.6) is 0 Å². The van der Waals surface area contributed by atoms with Gasteiger partial charge in [-0.25, -0.2) is 4.39 Å². The van der Waals surface area contributed by atoms with E-state index in [0.29, 0.717) is 5.56 Å². The Morgan fingerprint density at radius 3 is 2.75 bits per heavy atom. The maximum absolute atomic E-state index is 13.0. The number of carbonyl (C=O) groups is 1.